The van der Waals surface area contributed by atoms with E-state index >= 15 is 0 Å². The van der Waals surface area contributed by atoms with Crippen LogP contribution in [0.15, 0.2) is 30.3 Å². The maximum Gasteiger partial charge on any atom is 0.192 e. The van der Waals surface area contributed by atoms with Gasteiger partial charge in [0.1, 0.15) is 0 Å². The molecular weight excluding hydrogens is 264 g/mol. The van der Waals surface area contributed by atoms with Gasteiger partial charge in [-0.3, -0.25) is 0 Å². The largest absolute Gasteiger partial charge is 0.414 e. The number of ether oxygens (including phenoxy) is 1. The van der Waals surface area contributed by atoms with Crippen LogP contribution in [-0.4, -0.2) is 20.5 Å². The third-order valence-corrected chi connectivity index (χ3v) is 9.18. The van der Waals surface area contributed by atoms with Gasteiger partial charge in [0.25, 0.3) is 0 Å². The SMILES string of the molecule is CC(C)(C)[Si](C)(C)O[C@H]1C[C@H](OCc2ccccc2)C1. The van der Waals surface area contributed by atoms with Gasteiger partial charge < -0.3 is 9.16 Å². The molecule has 0 aromatic heterocycles. The molecule has 0 saturated heterocycles. The molecule has 0 bridgehead atoms. The summed E-state index contributed by atoms with van der Waals surface area (Å²) in [7, 11) is -1.61. The normalized spacial score (nSPS) is 23.4. The van der Waals surface area contributed by atoms with E-state index in [9.17, 15) is 0 Å². The van der Waals surface area contributed by atoms with Gasteiger partial charge in [-0.25, -0.2) is 0 Å². The van der Waals surface area contributed by atoms with Gasteiger partial charge in [0.05, 0.1) is 12.7 Å². The molecule has 1 aromatic rings. The predicted molar refractivity (Wildman–Crippen MR) is 86.3 cm³/mol. The smallest absolute Gasteiger partial charge is 0.192 e. The second kappa shape index (κ2) is 6.00. The Morgan fingerprint density at radius 3 is 2.20 bits per heavy atom. The standard InChI is InChI=1S/C17H28O2Si/c1-17(2,3)20(4,5)19-16-11-15(12-16)18-13-14-9-7-6-8-10-14/h6-10,15-16H,11-13H2,1-5H3/t15-,16-. The molecule has 112 valence electrons. The first kappa shape index (κ1) is 15.7. The van der Waals surface area contributed by atoms with Crippen molar-refractivity contribution in [1.82, 2.24) is 0 Å². The molecule has 2 rings (SSSR count). The first-order valence-corrected chi connectivity index (χ1v) is 10.5. The summed E-state index contributed by atoms with van der Waals surface area (Å²) in [6.45, 7) is 12.2. The lowest BCUT2D eigenvalue weighted by Crippen LogP contribution is -2.49. The van der Waals surface area contributed by atoms with Crippen molar-refractivity contribution in [3.8, 4) is 0 Å². The van der Waals surface area contributed by atoms with Crippen LogP contribution in [0.5, 0.6) is 0 Å². The molecule has 0 N–H and O–H groups in total. The Morgan fingerprint density at radius 2 is 1.65 bits per heavy atom. The highest BCUT2D eigenvalue weighted by Crippen LogP contribution is 2.40. The van der Waals surface area contributed by atoms with E-state index in [0.29, 0.717) is 17.2 Å². The van der Waals surface area contributed by atoms with Gasteiger partial charge in [-0.1, -0.05) is 51.1 Å². The van der Waals surface area contributed by atoms with Gasteiger partial charge in [-0.15, -0.1) is 0 Å². The molecule has 1 aromatic carbocycles. The van der Waals surface area contributed by atoms with Gasteiger partial charge in [-0.2, -0.15) is 0 Å². The van der Waals surface area contributed by atoms with E-state index in [1.54, 1.807) is 0 Å². The Bertz CT molecular complexity index is 416. The minimum atomic E-state index is -1.61. The zero-order valence-electron chi connectivity index (χ0n) is 13.5. The first-order valence-electron chi connectivity index (χ1n) is 7.61. The zero-order chi connectivity index (χ0) is 14.8. The first-order chi connectivity index (χ1) is 9.28. The summed E-state index contributed by atoms with van der Waals surface area (Å²) in [5.41, 5.74) is 1.25. The van der Waals surface area contributed by atoms with Crippen molar-refractivity contribution in [3.05, 3.63) is 35.9 Å². The second-order valence-electron chi connectivity index (χ2n) is 7.39. The van der Waals surface area contributed by atoms with Crippen molar-refractivity contribution in [1.29, 1.82) is 0 Å². The van der Waals surface area contributed by atoms with Crippen LogP contribution in [0.2, 0.25) is 18.1 Å². The van der Waals surface area contributed by atoms with E-state index < -0.39 is 8.32 Å². The maximum absolute atomic E-state index is 6.38. The van der Waals surface area contributed by atoms with Crippen molar-refractivity contribution in [2.45, 2.75) is 70.6 Å². The molecule has 2 nitrogen and oxygen atoms in total. The number of hydrogen-bond donors (Lipinski definition) is 0. The molecule has 0 atom stereocenters. The summed E-state index contributed by atoms with van der Waals surface area (Å²) in [5, 5.41) is 0.295. The lowest BCUT2D eigenvalue weighted by molar-refractivity contribution is -0.0726. The van der Waals surface area contributed by atoms with Crippen LogP contribution in [0.1, 0.15) is 39.2 Å². The van der Waals surface area contributed by atoms with E-state index in [0.717, 1.165) is 19.4 Å². The van der Waals surface area contributed by atoms with E-state index in [1.807, 2.05) is 6.07 Å². The predicted octanol–water partition coefficient (Wildman–Crippen LogP) is 4.76. The van der Waals surface area contributed by atoms with Crippen molar-refractivity contribution in [2.24, 2.45) is 0 Å². The summed E-state index contributed by atoms with van der Waals surface area (Å²) in [5.74, 6) is 0. The van der Waals surface area contributed by atoms with Crippen molar-refractivity contribution >= 4 is 8.32 Å². The van der Waals surface area contributed by atoms with Crippen LogP contribution >= 0.6 is 0 Å². The van der Waals surface area contributed by atoms with Crippen molar-refractivity contribution < 1.29 is 9.16 Å². The average molecular weight is 292 g/mol. The molecule has 1 fully saturated rings. The highest BCUT2D eigenvalue weighted by atomic mass is 28.4. The molecule has 0 heterocycles. The Kier molecular flexibility index (Phi) is 4.72. The summed E-state index contributed by atoms with van der Waals surface area (Å²) in [6, 6.07) is 10.4. The van der Waals surface area contributed by atoms with Crippen LogP contribution in [0, 0.1) is 0 Å². The molecular formula is C17H28O2Si. The molecule has 20 heavy (non-hydrogen) atoms. The third-order valence-electron chi connectivity index (χ3n) is 4.65. The Labute approximate surface area is 124 Å². The molecule has 0 spiro atoms. The quantitative estimate of drug-likeness (QED) is 0.729. The van der Waals surface area contributed by atoms with Gasteiger partial charge in [0, 0.05) is 6.10 Å². The number of benzene rings is 1. The van der Waals surface area contributed by atoms with Crippen LogP contribution in [-0.2, 0) is 15.8 Å². The minimum absolute atomic E-state index is 0.295. The number of hydrogen-bond acceptors (Lipinski definition) is 2. The van der Waals surface area contributed by atoms with E-state index in [-0.39, 0.29) is 0 Å². The molecule has 0 amide bonds. The summed E-state index contributed by atoms with van der Waals surface area (Å²) < 4.78 is 12.3. The van der Waals surface area contributed by atoms with Gasteiger partial charge >= 0.3 is 0 Å². The van der Waals surface area contributed by atoms with Crippen LogP contribution in [0.25, 0.3) is 0 Å². The molecule has 1 saturated carbocycles. The molecule has 3 heteroatoms. The monoisotopic (exact) mass is 292 g/mol. The minimum Gasteiger partial charge on any atom is -0.414 e. The van der Waals surface area contributed by atoms with Gasteiger partial charge in [0.15, 0.2) is 8.32 Å². The van der Waals surface area contributed by atoms with E-state index in [4.69, 9.17) is 9.16 Å². The molecule has 0 unspecified atom stereocenters. The lowest BCUT2D eigenvalue weighted by atomic mass is 9.92. The highest BCUT2D eigenvalue weighted by Gasteiger charge is 2.42. The molecule has 0 aliphatic heterocycles. The fourth-order valence-electron chi connectivity index (χ4n) is 2.13. The second-order valence-corrected chi connectivity index (χ2v) is 12.1. The molecule has 1 aliphatic rings. The van der Waals surface area contributed by atoms with E-state index in [1.165, 1.54) is 5.56 Å². The van der Waals surface area contributed by atoms with E-state index in [2.05, 4.69) is 58.1 Å². The third kappa shape index (κ3) is 3.93. The topological polar surface area (TPSA) is 18.5 Å². The fourth-order valence-corrected chi connectivity index (χ4v) is 3.51. The lowest BCUT2D eigenvalue weighted by Gasteiger charge is -2.44. The maximum atomic E-state index is 6.38. The average Bonchev–Trinajstić information content (AvgIpc) is 2.31. The Balaban J connectivity index is 1.70. The number of rotatable bonds is 5. The summed E-state index contributed by atoms with van der Waals surface area (Å²) in [4.78, 5) is 0. The molecule has 1 aliphatic carbocycles. The fraction of sp³-hybridized carbons (Fsp3) is 0.647. The van der Waals surface area contributed by atoms with Crippen LogP contribution in [0.4, 0.5) is 0 Å². The van der Waals surface area contributed by atoms with Gasteiger partial charge in [0.2, 0.25) is 0 Å². The highest BCUT2D eigenvalue weighted by molar-refractivity contribution is 6.74. The van der Waals surface area contributed by atoms with Crippen molar-refractivity contribution in [2.75, 3.05) is 0 Å². The summed E-state index contributed by atoms with van der Waals surface area (Å²) >= 11 is 0. The summed E-state index contributed by atoms with van der Waals surface area (Å²) in [6.07, 6.45) is 2.90. The van der Waals surface area contributed by atoms with Gasteiger partial charge in [-0.05, 0) is 36.5 Å². The van der Waals surface area contributed by atoms with Crippen LogP contribution < -0.4 is 0 Å². The zero-order valence-corrected chi connectivity index (χ0v) is 14.5. The van der Waals surface area contributed by atoms with Crippen LogP contribution in [0.3, 0.4) is 0 Å². The molecule has 0 radical (unpaired) electrons. The Morgan fingerprint density at radius 1 is 1.05 bits per heavy atom. The van der Waals surface area contributed by atoms with Crippen molar-refractivity contribution in [3.63, 3.8) is 0 Å². The Hall–Kier alpha value is -0.643.